The molecular formula is C22H19NO7. The van der Waals surface area contributed by atoms with E-state index in [0.717, 1.165) is 5.75 Å². The highest BCUT2D eigenvalue weighted by atomic mass is 16.7. The number of furan rings is 1. The van der Waals surface area contributed by atoms with Crippen LogP contribution in [0.15, 0.2) is 52.9 Å². The molecule has 0 spiro atoms. The molecule has 1 aromatic heterocycles. The van der Waals surface area contributed by atoms with Crippen molar-refractivity contribution in [2.45, 2.75) is 13.5 Å². The van der Waals surface area contributed by atoms with Crippen LogP contribution in [0.1, 0.15) is 33.6 Å². The number of rotatable bonds is 7. The Morgan fingerprint density at radius 3 is 2.40 bits per heavy atom. The minimum atomic E-state index is -0.493. The van der Waals surface area contributed by atoms with Gasteiger partial charge in [0.25, 0.3) is 5.91 Å². The van der Waals surface area contributed by atoms with E-state index in [4.69, 9.17) is 23.4 Å². The lowest BCUT2D eigenvalue weighted by atomic mass is 10.1. The fourth-order valence-electron chi connectivity index (χ4n) is 2.92. The van der Waals surface area contributed by atoms with Gasteiger partial charge in [-0.25, -0.2) is 0 Å². The Hall–Kier alpha value is -3.94. The molecule has 0 saturated carbocycles. The Bertz CT molecular complexity index is 1090. The molecule has 2 heterocycles. The van der Waals surface area contributed by atoms with Gasteiger partial charge in [0, 0.05) is 11.6 Å². The molecule has 1 amide bonds. The zero-order valence-corrected chi connectivity index (χ0v) is 16.4. The second kappa shape index (κ2) is 8.20. The predicted molar refractivity (Wildman–Crippen MR) is 107 cm³/mol. The van der Waals surface area contributed by atoms with Gasteiger partial charge < -0.3 is 28.7 Å². The van der Waals surface area contributed by atoms with E-state index in [2.05, 4.69) is 5.32 Å². The number of ketones is 1. The van der Waals surface area contributed by atoms with Gasteiger partial charge in [0.05, 0.1) is 12.8 Å². The van der Waals surface area contributed by atoms with Gasteiger partial charge in [-0.05, 0) is 49.4 Å². The van der Waals surface area contributed by atoms with Gasteiger partial charge in [-0.1, -0.05) is 0 Å². The molecule has 0 bridgehead atoms. The molecule has 154 valence electrons. The molecule has 1 aliphatic rings. The van der Waals surface area contributed by atoms with E-state index >= 15 is 0 Å². The molecule has 0 atom stereocenters. The number of nitrogens with one attached hydrogen (secondary N) is 1. The third kappa shape index (κ3) is 4.07. The van der Waals surface area contributed by atoms with Crippen LogP contribution in [0.3, 0.4) is 0 Å². The zero-order chi connectivity index (χ0) is 21.1. The third-order valence-electron chi connectivity index (χ3n) is 4.47. The molecule has 8 heteroatoms. The lowest BCUT2D eigenvalue weighted by Crippen LogP contribution is -2.13. The zero-order valence-electron chi connectivity index (χ0n) is 16.4. The molecule has 0 aliphatic carbocycles. The number of anilines is 1. The lowest BCUT2D eigenvalue weighted by molar-refractivity contribution is 0.0992. The van der Waals surface area contributed by atoms with E-state index in [0.29, 0.717) is 34.3 Å². The second-order valence-electron chi connectivity index (χ2n) is 6.49. The highest BCUT2D eigenvalue weighted by Crippen LogP contribution is 2.37. The number of carbonyl (C=O) groups is 2. The second-order valence-corrected chi connectivity index (χ2v) is 6.49. The predicted octanol–water partition coefficient (Wildman–Crippen LogP) is 4.05. The first-order valence-electron chi connectivity index (χ1n) is 9.15. The van der Waals surface area contributed by atoms with Gasteiger partial charge in [-0.2, -0.15) is 0 Å². The van der Waals surface area contributed by atoms with Gasteiger partial charge >= 0.3 is 0 Å². The average Bonchev–Trinajstić information content (AvgIpc) is 3.41. The van der Waals surface area contributed by atoms with Crippen molar-refractivity contribution in [1.29, 1.82) is 0 Å². The number of carbonyl (C=O) groups excluding carboxylic acids is 2. The van der Waals surface area contributed by atoms with E-state index in [1.165, 1.54) is 6.92 Å². The molecule has 3 aromatic rings. The Labute approximate surface area is 172 Å². The molecule has 4 rings (SSSR count). The van der Waals surface area contributed by atoms with Gasteiger partial charge in [0.15, 0.2) is 23.0 Å². The van der Waals surface area contributed by atoms with Crippen LogP contribution in [-0.4, -0.2) is 25.6 Å². The molecule has 8 nitrogen and oxygen atoms in total. The molecule has 1 N–H and O–H groups in total. The van der Waals surface area contributed by atoms with Crippen molar-refractivity contribution in [3.8, 4) is 23.0 Å². The van der Waals surface area contributed by atoms with Gasteiger partial charge in [0.1, 0.15) is 23.9 Å². The van der Waals surface area contributed by atoms with Gasteiger partial charge in [-0.3, -0.25) is 9.59 Å². The summed E-state index contributed by atoms with van der Waals surface area (Å²) >= 11 is 0. The van der Waals surface area contributed by atoms with Crippen molar-refractivity contribution >= 4 is 17.4 Å². The van der Waals surface area contributed by atoms with Crippen molar-refractivity contribution in [3.63, 3.8) is 0 Å². The van der Waals surface area contributed by atoms with Crippen molar-refractivity contribution in [3.05, 3.63) is 65.6 Å². The summed E-state index contributed by atoms with van der Waals surface area (Å²) in [7, 11) is 1.59. The molecule has 0 saturated heterocycles. The molecule has 30 heavy (non-hydrogen) atoms. The summed E-state index contributed by atoms with van der Waals surface area (Å²) in [6, 6.07) is 13.4. The van der Waals surface area contributed by atoms with Crippen molar-refractivity contribution in [1.82, 2.24) is 0 Å². The number of Topliss-reactive ketones (excluding diaryl/α,β-unsaturated/α-hetero) is 1. The number of ether oxygens (including phenoxy) is 4. The molecular weight excluding hydrogens is 390 g/mol. The largest absolute Gasteiger partial charge is 0.497 e. The first-order valence-corrected chi connectivity index (χ1v) is 9.15. The Kier molecular flexibility index (Phi) is 5.30. The molecule has 0 unspecified atom stereocenters. The van der Waals surface area contributed by atoms with Crippen molar-refractivity contribution in [2.75, 3.05) is 19.2 Å². The van der Waals surface area contributed by atoms with Crippen LogP contribution < -0.4 is 24.3 Å². The van der Waals surface area contributed by atoms with E-state index in [1.54, 1.807) is 55.6 Å². The summed E-state index contributed by atoms with van der Waals surface area (Å²) in [6.07, 6.45) is 0. The summed E-state index contributed by atoms with van der Waals surface area (Å²) in [5.41, 5.74) is 0.645. The third-order valence-corrected chi connectivity index (χ3v) is 4.47. The van der Waals surface area contributed by atoms with E-state index in [1.807, 2.05) is 0 Å². The highest BCUT2D eigenvalue weighted by molar-refractivity contribution is 6.08. The Morgan fingerprint density at radius 2 is 1.70 bits per heavy atom. The number of benzene rings is 2. The van der Waals surface area contributed by atoms with Gasteiger partial charge in [-0.15, -0.1) is 0 Å². The first-order chi connectivity index (χ1) is 14.5. The normalized spacial score (nSPS) is 11.8. The highest BCUT2D eigenvalue weighted by Gasteiger charge is 2.21. The van der Waals surface area contributed by atoms with Crippen molar-refractivity contribution in [2.24, 2.45) is 0 Å². The maximum atomic E-state index is 12.6. The molecule has 0 radical (unpaired) electrons. The molecule has 0 fully saturated rings. The average molecular weight is 409 g/mol. The summed E-state index contributed by atoms with van der Waals surface area (Å²) in [5.74, 6) is 2.17. The number of hydrogen-bond acceptors (Lipinski definition) is 7. The summed E-state index contributed by atoms with van der Waals surface area (Å²) in [6.45, 7) is 1.64. The Balaban J connectivity index is 1.43. The quantitative estimate of drug-likeness (QED) is 0.588. The minimum Gasteiger partial charge on any atom is -0.497 e. The topological polar surface area (TPSA) is 96.2 Å². The van der Waals surface area contributed by atoms with E-state index in [9.17, 15) is 9.59 Å². The minimum absolute atomic E-state index is 0.0693. The fourth-order valence-corrected chi connectivity index (χ4v) is 2.92. The molecule has 2 aromatic carbocycles. The van der Waals surface area contributed by atoms with Crippen LogP contribution in [-0.2, 0) is 6.61 Å². The maximum Gasteiger partial charge on any atom is 0.291 e. The summed E-state index contributed by atoms with van der Waals surface area (Å²) in [4.78, 5) is 24.6. The number of fused-ring (bicyclic) bond motifs is 1. The van der Waals surface area contributed by atoms with Crippen LogP contribution in [0.25, 0.3) is 0 Å². The molecule has 1 aliphatic heterocycles. The lowest BCUT2D eigenvalue weighted by Gasteiger charge is -2.09. The number of amides is 1. The standard InChI is InChI=1S/C22H19NO7/c1-13(24)17-9-20-21(29-12-28-20)10-18(17)23-22(25)19-8-7-16(30-19)11-27-15-5-3-14(26-2)4-6-15/h3-10H,11-12H2,1-2H3,(H,23,25). The number of hydrogen-bond donors (Lipinski definition) is 1. The summed E-state index contributed by atoms with van der Waals surface area (Å²) in [5, 5.41) is 2.69. The van der Waals surface area contributed by atoms with E-state index in [-0.39, 0.29) is 24.9 Å². The van der Waals surface area contributed by atoms with Crippen LogP contribution in [0, 0.1) is 0 Å². The van der Waals surface area contributed by atoms with Crippen LogP contribution >= 0.6 is 0 Å². The van der Waals surface area contributed by atoms with Crippen molar-refractivity contribution < 1.29 is 33.0 Å². The van der Waals surface area contributed by atoms with Crippen LogP contribution in [0.5, 0.6) is 23.0 Å². The fraction of sp³-hybridized carbons (Fsp3) is 0.182. The van der Waals surface area contributed by atoms with Crippen LogP contribution in [0.4, 0.5) is 5.69 Å². The van der Waals surface area contributed by atoms with Gasteiger partial charge in [0.2, 0.25) is 6.79 Å². The first kappa shape index (κ1) is 19.4. The smallest absolute Gasteiger partial charge is 0.291 e. The van der Waals surface area contributed by atoms with E-state index < -0.39 is 5.91 Å². The summed E-state index contributed by atoms with van der Waals surface area (Å²) < 4.78 is 26.9. The van der Waals surface area contributed by atoms with Crippen LogP contribution in [0.2, 0.25) is 0 Å². The maximum absolute atomic E-state index is 12.6. The number of methoxy groups -OCH3 is 1. The SMILES string of the molecule is COc1ccc(OCc2ccc(C(=O)Nc3cc4c(cc3C(C)=O)OCO4)o2)cc1. The Morgan fingerprint density at radius 1 is 1.00 bits per heavy atom. The monoisotopic (exact) mass is 409 g/mol.